The van der Waals surface area contributed by atoms with Crippen molar-refractivity contribution >= 4 is 6.21 Å². The van der Waals surface area contributed by atoms with Crippen LogP contribution in [0.2, 0.25) is 0 Å². The number of hydrogen-bond acceptors (Lipinski definition) is 5. The van der Waals surface area contributed by atoms with Gasteiger partial charge in [-0.05, 0) is 6.92 Å². The molecule has 1 aromatic carbocycles. The Labute approximate surface area is 92.5 Å². The summed E-state index contributed by atoms with van der Waals surface area (Å²) in [6.45, 7) is 1.77. The molecule has 0 saturated carbocycles. The van der Waals surface area contributed by atoms with E-state index in [-0.39, 0.29) is 0 Å². The van der Waals surface area contributed by atoms with Gasteiger partial charge in [-0.15, -0.1) is 0 Å². The molecule has 1 heterocycles. The van der Waals surface area contributed by atoms with Crippen molar-refractivity contribution in [3.63, 3.8) is 0 Å². The minimum absolute atomic E-state index is 0.342. The lowest BCUT2D eigenvalue weighted by molar-refractivity contribution is 0.321. The van der Waals surface area contributed by atoms with Crippen molar-refractivity contribution in [2.75, 3.05) is 0 Å². The zero-order valence-electron chi connectivity index (χ0n) is 8.70. The highest BCUT2D eigenvalue weighted by molar-refractivity contribution is 5.74. The van der Waals surface area contributed by atoms with Crippen LogP contribution >= 0.6 is 0 Å². The van der Waals surface area contributed by atoms with Gasteiger partial charge in [-0.2, -0.15) is 0 Å². The van der Waals surface area contributed by atoms with Crippen LogP contribution in [0.5, 0.6) is 0 Å². The number of nitrogens with zero attached hydrogens (tertiary/aromatic N) is 4. The molecule has 5 heteroatoms. The van der Waals surface area contributed by atoms with Crippen molar-refractivity contribution in [2.45, 2.75) is 6.92 Å². The van der Waals surface area contributed by atoms with Crippen LogP contribution in [-0.2, 0) is 0 Å². The first kappa shape index (κ1) is 10.2. The first-order valence-electron chi connectivity index (χ1n) is 4.75. The molecule has 16 heavy (non-hydrogen) atoms. The second-order valence-corrected chi connectivity index (χ2v) is 3.18. The van der Waals surface area contributed by atoms with E-state index in [1.54, 1.807) is 6.92 Å². The maximum atomic E-state index is 8.44. The summed E-state index contributed by atoms with van der Waals surface area (Å²) in [4.78, 5) is 12.4. The number of hydrogen-bond donors (Lipinski definition) is 1. The van der Waals surface area contributed by atoms with Gasteiger partial charge in [0.1, 0.15) is 12.0 Å². The third kappa shape index (κ3) is 2.20. The molecular formula is C11H10N4O. The normalized spacial score (nSPS) is 10.8. The molecule has 0 aliphatic rings. The molecule has 0 fully saturated rings. The second kappa shape index (κ2) is 4.48. The van der Waals surface area contributed by atoms with Crippen LogP contribution < -0.4 is 0 Å². The Bertz CT molecular complexity index is 511. The van der Waals surface area contributed by atoms with Gasteiger partial charge in [0.25, 0.3) is 0 Å². The van der Waals surface area contributed by atoms with E-state index in [0.717, 1.165) is 5.56 Å². The molecule has 0 radical (unpaired) electrons. The average molecular weight is 214 g/mol. The minimum atomic E-state index is 0.342. The molecule has 2 aromatic rings. The van der Waals surface area contributed by atoms with Gasteiger partial charge in [-0.1, -0.05) is 35.5 Å². The van der Waals surface area contributed by atoms with E-state index in [1.807, 2.05) is 30.3 Å². The van der Waals surface area contributed by atoms with Gasteiger partial charge >= 0.3 is 0 Å². The fourth-order valence-corrected chi connectivity index (χ4v) is 1.33. The molecule has 0 bridgehead atoms. The average Bonchev–Trinajstić information content (AvgIpc) is 2.30. The fourth-order valence-electron chi connectivity index (χ4n) is 1.33. The maximum absolute atomic E-state index is 8.44. The van der Waals surface area contributed by atoms with E-state index in [1.165, 1.54) is 6.21 Å². The number of aryl methyl sites for hydroxylation is 1. The largest absolute Gasteiger partial charge is 0.411 e. The van der Waals surface area contributed by atoms with Crippen LogP contribution in [0.3, 0.4) is 0 Å². The summed E-state index contributed by atoms with van der Waals surface area (Å²) in [5, 5.41) is 11.3. The summed E-state index contributed by atoms with van der Waals surface area (Å²) < 4.78 is 0. The maximum Gasteiger partial charge on any atom is 0.178 e. The van der Waals surface area contributed by atoms with Crippen molar-refractivity contribution in [3.05, 3.63) is 42.0 Å². The summed E-state index contributed by atoms with van der Waals surface area (Å²) in [7, 11) is 0. The van der Waals surface area contributed by atoms with E-state index in [0.29, 0.717) is 17.5 Å². The number of benzene rings is 1. The Morgan fingerprint density at radius 3 is 2.56 bits per heavy atom. The Balaban J connectivity index is 2.49. The number of rotatable bonds is 2. The van der Waals surface area contributed by atoms with Gasteiger partial charge in [0, 0.05) is 5.56 Å². The first-order valence-corrected chi connectivity index (χ1v) is 4.75. The molecule has 1 N–H and O–H groups in total. The third-order valence-corrected chi connectivity index (χ3v) is 1.97. The van der Waals surface area contributed by atoms with E-state index in [4.69, 9.17) is 5.21 Å². The Kier molecular flexibility index (Phi) is 2.86. The molecule has 5 nitrogen and oxygen atoms in total. The summed E-state index contributed by atoms with van der Waals surface area (Å²) in [5.74, 6) is 1.50. The van der Waals surface area contributed by atoms with Crippen LogP contribution in [0.15, 0.2) is 35.5 Å². The molecular weight excluding hydrogens is 204 g/mol. The lowest BCUT2D eigenvalue weighted by Gasteiger charge is -2.01. The monoisotopic (exact) mass is 214 g/mol. The van der Waals surface area contributed by atoms with Gasteiger partial charge in [0.2, 0.25) is 0 Å². The summed E-state index contributed by atoms with van der Waals surface area (Å²) in [5.41, 5.74) is 0.903. The Hall–Kier alpha value is -2.30. The SMILES string of the molecule is Cc1nc(/C=N/O)nc(-c2ccccc2)n1. The molecule has 0 amide bonds. The van der Waals surface area contributed by atoms with E-state index >= 15 is 0 Å². The standard InChI is InChI=1S/C11H10N4O/c1-8-13-10(7-12-16)15-11(14-8)9-5-3-2-4-6-9/h2-7,16H,1H3/b12-7+. The molecule has 0 aliphatic heterocycles. The predicted molar refractivity (Wildman–Crippen MR) is 59.4 cm³/mol. The summed E-state index contributed by atoms with van der Waals surface area (Å²) >= 11 is 0. The van der Waals surface area contributed by atoms with Gasteiger partial charge in [-0.25, -0.2) is 15.0 Å². The Morgan fingerprint density at radius 2 is 1.88 bits per heavy atom. The van der Waals surface area contributed by atoms with E-state index in [9.17, 15) is 0 Å². The smallest absolute Gasteiger partial charge is 0.178 e. The second-order valence-electron chi connectivity index (χ2n) is 3.18. The van der Waals surface area contributed by atoms with Gasteiger partial charge in [0.05, 0.1) is 0 Å². The van der Waals surface area contributed by atoms with Crippen LogP contribution in [0.4, 0.5) is 0 Å². The molecule has 0 aliphatic carbocycles. The van der Waals surface area contributed by atoms with Crippen molar-refractivity contribution < 1.29 is 5.21 Å². The highest BCUT2D eigenvalue weighted by atomic mass is 16.4. The van der Waals surface area contributed by atoms with Crippen LogP contribution in [0.1, 0.15) is 11.6 Å². The third-order valence-electron chi connectivity index (χ3n) is 1.97. The lowest BCUT2D eigenvalue weighted by Crippen LogP contribution is -2.01. The number of aromatic nitrogens is 3. The molecule has 2 rings (SSSR count). The highest BCUT2D eigenvalue weighted by Gasteiger charge is 2.04. The van der Waals surface area contributed by atoms with Crippen molar-refractivity contribution in [1.82, 2.24) is 15.0 Å². The molecule has 1 aromatic heterocycles. The van der Waals surface area contributed by atoms with E-state index in [2.05, 4.69) is 20.1 Å². The fraction of sp³-hybridized carbons (Fsp3) is 0.0909. The van der Waals surface area contributed by atoms with Crippen LogP contribution in [0, 0.1) is 6.92 Å². The van der Waals surface area contributed by atoms with Gasteiger partial charge < -0.3 is 5.21 Å². The minimum Gasteiger partial charge on any atom is -0.411 e. The van der Waals surface area contributed by atoms with Crippen molar-refractivity contribution in [1.29, 1.82) is 0 Å². The Morgan fingerprint density at radius 1 is 1.12 bits per heavy atom. The summed E-state index contributed by atoms with van der Waals surface area (Å²) in [6.07, 6.45) is 1.18. The highest BCUT2D eigenvalue weighted by Crippen LogP contribution is 2.13. The zero-order valence-corrected chi connectivity index (χ0v) is 8.70. The topological polar surface area (TPSA) is 71.3 Å². The van der Waals surface area contributed by atoms with Crippen molar-refractivity contribution in [2.24, 2.45) is 5.16 Å². The molecule has 0 unspecified atom stereocenters. The van der Waals surface area contributed by atoms with Gasteiger partial charge in [-0.3, -0.25) is 0 Å². The summed E-state index contributed by atoms with van der Waals surface area (Å²) in [6, 6.07) is 9.57. The van der Waals surface area contributed by atoms with Gasteiger partial charge in [0.15, 0.2) is 11.6 Å². The first-order chi connectivity index (χ1) is 7.79. The predicted octanol–water partition coefficient (Wildman–Crippen LogP) is 1.66. The molecule has 0 saturated heterocycles. The van der Waals surface area contributed by atoms with Crippen LogP contribution in [0.25, 0.3) is 11.4 Å². The van der Waals surface area contributed by atoms with Crippen LogP contribution in [-0.4, -0.2) is 26.4 Å². The molecule has 0 spiro atoms. The van der Waals surface area contributed by atoms with Crippen molar-refractivity contribution in [3.8, 4) is 11.4 Å². The quantitative estimate of drug-likeness (QED) is 0.468. The van der Waals surface area contributed by atoms with E-state index < -0.39 is 0 Å². The zero-order chi connectivity index (χ0) is 11.4. The number of oxime groups is 1. The molecule has 0 atom stereocenters. The molecule has 80 valence electrons. The lowest BCUT2D eigenvalue weighted by atomic mass is 10.2.